The van der Waals surface area contributed by atoms with Crippen molar-refractivity contribution in [3.63, 3.8) is 0 Å². The Balaban J connectivity index is 1.66. The van der Waals surface area contributed by atoms with E-state index in [2.05, 4.69) is 15.5 Å². The standard InChI is InChI=1S/C20H24N6OS/c1-4-26-19(16-7-5-6-8-17(16)21)23-24-20(26)28-13-18(27)22-14-9-11-15(12-10-14)25(2)3/h5-12H,4,13,21H2,1-3H3,(H,22,27). The maximum absolute atomic E-state index is 12.3. The number of carbonyl (C=O) groups is 1. The summed E-state index contributed by atoms with van der Waals surface area (Å²) in [5.74, 6) is 0.870. The number of thioether (sulfide) groups is 1. The second-order valence-corrected chi connectivity index (χ2v) is 7.36. The Morgan fingerprint density at radius 1 is 1.14 bits per heavy atom. The van der Waals surface area contributed by atoms with Crippen LogP contribution in [0, 0.1) is 0 Å². The molecule has 1 aromatic heterocycles. The van der Waals surface area contributed by atoms with Crippen LogP contribution in [0.4, 0.5) is 17.1 Å². The van der Waals surface area contributed by atoms with Crippen LogP contribution in [0.1, 0.15) is 6.92 Å². The van der Waals surface area contributed by atoms with E-state index in [1.807, 2.05) is 79.0 Å². The van der Waals surface area contributed by atoms with Crippen LogP contribution in [0.15, 0.2) is 53.7 Å². The quantitative estimate of drug-likeness (QED) is 0.470. The summed E-state index contributed by atoms with van der Waals surface area (Å²) in [4.78, 5) is 14.3. The number of para-hydroxylation sites is 1. The summed E-state index contributed by atoms with van der Waals surface area (Å²) < 4.78 is 1.97. The summed E-state index contributed by atoms with van der Waals surface area (Å²) >= 11 is 1.36. The van der Waals surface area contributed by atoms with Gasteiger partial charge in [-0.2, -0.15) is 0 Å². The van der Waals surface area contributed by atoms with Crippen LogP contribution < -0.4 is 16.0 Å². The third-order valence-electron chi connectivity index (χ3n) is 4.23. The van der Waals surface area contributed by atoms with Crippen molar-refractivity contribution in [2.24, 2.45) is 0 Å². The molecule has 3 aromatic rings. The molecule has 2 aromatic carbocycles. The predicted octanol–water partition coefficient (Wildman–Crippen LogP) is 3.34. The molecule has 0 atom stereocenters. The Kier molecular flexibility index (Phi) is 6.20. The predicted molar refractivity (Wildman–Crippen MR) is 116 cm³/mol. The van der Waals surface area contributed by atoms with Crippen molar-refractivity contribution in [3.05, 3.63) is 48.5 Å². The van der Waals surface area contributed by atoms with Gasteiger partial charge in [0.25, 0.3) is 0 Å². The molecule has 3 N–H and O–H groups in total. The number of carbonyl (C=O) groups excluding carboxylic acids is 1. The van der Waals surface area contributed by atoms with Gasteiger partial charge in [0.05, 0.1) is 5.75 Å². The lowest BCUT2D eigenvalue weighted by molar-refractivity contribution is -0.113. The van der Waals surface area contributed by atoms with Gasteiger partial charge in [-0.3, -0.25) is 4.79 Å². The molecule has 0 unspecified atom stereocenters. The lowest BCUT2D eigenvalue weighted by atomic mass is 10.1. The molecule has 0 spiro atoms. The fourth-order valence-corrected chi connectivity index (χ4v) is 3.55. The molecule has 8 heteroatoms. The van der Waals surface area contributed by atoms with Crippen molar-refractivity contribution in [1.29, 1.82) is 0 Å². The fourth-order valence-electron chi connectivity index (χ4n) is 2.75. The molecule has 0 saturated carbocycles. The first-order valence-corrected chi connectivity index (χ1v) is 9.96. The molecule has 0 bridgehead atoms. The second kappa shape index (κ2) is 8.79. The highest BCUT2D eigenvalue weighted by atomic mass is 32.2. The number of anilines is 3. The number of rotatable bonds is 7. The highest BCUT2D eigenvalue weighted by molar-refractivity contribution is 7.99. The van der Waals surface area contributed by atoms with E-state index in [0.29, 0.717) is 23.2 Å². The zero-order chi connectivity index (χ0) is 20.1. The monoisotopic (exact) mass is 396 g/mol. The van der Waals surface area contributed by atoms with E-state index in [-0.39, 0.29) is 11.7 Å². The van der Waals surface area contributed by atoms with Gasteiger partial charge in [-0.1, -0.05) is 23.9 Å². The van der Waals surface area contributed by atoms with Gasteiger partial charge in [0.1, 0.15) is 0 Å². The Hall–Kier alpha value is -3.00. The summed E-state index contributed by atoms with van der Waals surface area (Å²) in [6.07, 6.45) is 0. The smallest absolute Gasteiger partial charge is 0.234 e. The van der Waals surface area contributed by atoms with Crippen molar-refractivity contribution in [2.75, 3.05) is 35.8 Å². The van der Waals surface area contributed by atoms with Crippen LogP contribution in [-0.2, 0) is 11.3 Å². The third-order valence-corrected chi connectivity index (χ3v) is 5.20. The number of aromatic nitrogens is 3. The van der Waals surface area contributed by atoms with E-state index in [1.54, 1.807) is 0 Å². The van der Waals surface area contributed by atoms with Gasteiger partial charge >= 0.3 is 0 Å². The molecule has 0 aliphatic rings. The molecular formula is C20H24N6OS. The number of nitrogens with one attached hydrogen (secondary N) is 1. The zero-order valence-corrected chi connectivity index (χ0v) is 17.0. The Morgan fingerprint density at radius 2 is 1.86 bits per heavy atom. The lowest BCUT2D eigenvalue weighted by Gasteiger charge is -2.13. The molecule has 0 radical (unpaired) electrons. The van der Waals surface area contributed by atoms with E-state index >= 15 is 0 Å². The summed E-state index contributed by atoms with van der Waals surface area (Å²) in [5.41, 5.74) is 9.41. The minimum atomic E-state index is -0.0889. The number of hydrogen-bond donors (Lipinski definition) is 2. The van der Waals surface area contributed by atoms with Crippen LogP contribution in [-0.4, -0.2) is 40.5 Å². The average molecular weight is 397 g/mol. The maximum atomic E-state index is 12.3. The summed E-state index contributed by atoms with van der Waals surface area (Å²) in [6.45, 7) is 2.70. The Morgan fingerprint density at radius 3 is 2.50 bits per heavy atom. The zero-order valence-electron chi connectivity index (χ0n) is 16.2. The first-order chi connectivity index (χ1) is 13.5. The van der Waals surface area contributed by atoms with Crippen LogP contribution in [0.5, 0.6) is 0 Å². The molecule has 0 aliphatic heterocycles. The van der Waals surface area contributed by atoms with Gasteiger partial charge < -0.3 is 20.5 Å². The minimum absolute atomic E-state index is 0.0889. The van der Waals surface area contributed by atoms with E-state index < -0.39 is 0 Å². The fraction of sp³-hybridized carbons (Fsp3) is 0.250. The van der Waals surface area contributed by atoms with Crippen molar-refractivity contribution >= 4 is 34.7 Å². The Bertz CT molecular complexity index is 952. The molecule has 1 heterocycles. The summed E-state index contributed by atoms with van der Waals surface area (Å²) in [6, 6.07) is 15.3. The molecular weight excluding hydrogens is 372 g/mol. The first-order valence-electron chi connectivity index (χ1n) is 8.97. The molecule has 28 heavy (non-hydrogen) atoms. The van der Waals surface area contributed by atoms with E-state index in [0.717, 1.165) is 16.9 Å². The second-order valence-electron chi connectivity index (χ2n) is 6.42. The number of amides is 1. The van der Waals surface area contributed by atoms with Gasteiger partial charge in [0.2, 0.25) is 5.91 Å². The van der Waals surface area contributed by atoms with Crippen molar-refractivity contribution in [1.82, 2.24) is 14.8 Å². The summed E-state index contributed by atoms with van der Waals surface area (Å²) in [5, 5.41) is 12.1. The van der Waals surface area contributed by atoms with Crippen LogP contribution >= 0.6 is 11.8 Å². The lowest BCUT2D eigenvalue weighted by Crippen LogP contribution is -2.15. The van der Waals surface area contributed by atoms with E-state index in [4.69, 9.17) is 5.73 Å². The molecule has 3 rings (SSSR count). The van der Waals surface area contributed by atoms with E-state index in [9.17, 15) is 4.79 Å². The summed E-state index contributed by atoms with van der Waals surface area (Å²) in [7, 11) is 3.96. The van der Waals surface area contributed by atoms with Gasteiger partial charge in [0, 0.05) is 43.3 Å². The van der Waals surface area contributed by atoms with Crippen molar-refractivity contribution in [3.8, 4) is 11.4 Å². The molecule has 7 nitrogen and oxygen atoms in total. The normalized spacial score (nSPS) is 10.7. The number of nitrogen functional groups attached to an aromatic ring is 1. The molecule has 0 fully saturated rings. The minimum Gasteiger partial charge on any atom is -0.398 e. The first kappa shape index (κ1) is 19.8. The number of benzene rings is 2. The molecule has 146 valence electrons. The molecule has 0 saturated heterocycles. The third kappa shape index (κ3) is 4.45. The van der Waals surface area contributed by atoms with Gasteiger partial charge in [-0.25, -0.2) is 0 Å². The SMILES string of the molecule is CCn1c(SCC(=O)Nc2ccc(N(C)C)cc2)nnc1-c1ccccc1N. The van der Waals surface area contributed by atoms with E-state index in [1.165, 1.54) is 11.8 Å². The largest absolute Gasteiger partial charge is 0.398 e. The maximum Gasteiger partial charge on any atom is 0.234 e. The van der Waals surface area contributed by atoms with Gasteiger partial charge in [0.15, 0.2) is 11.0 Å². The molecule has 1 amide bonds. The topological polar surface area (TPSA) is 89.1 Å². The van der Waals surface area contributed by atoms with Crippen LogP contribution in [0.3, 0.4) is 0 Å². The average Bonchev–Trinajstić information content (AvgIpc) is 3.10. The number of hydrogen-bond acceptors (Lipinski definition) is 6. The van der Waals surface area contributed by atoms with Gasteiger partial charge in [-0.05, 0) is 43.3 Å². The molecule has 0 aliphatic carbocycles. The number of nitrogens with zero attached hydrogens (tertiary/aromatic N) is 4. The van der Waals surface area contributed by atoms with Crippen molar-refractivity contribution < 1.29 is 4.79 Å². The van der Waals surface area contributed by atoms with Gasteiger partial charge in [-0.15, -0.1) is 10.2 Å². The van der Waals surface area contributed by atoms with Crippen molar-refractivity contribution in [2.45, 2.75) is 18.6 Å². The Labute approximate surface area is 168 Å². The highest BCUT2D eigenvalue weighted by Gasteiger charge is 2.16. The highest BCUT2D eigenvalue weighted by Crippen LogP contribution is 2.27. The van der Waals surface area contributed by atoms with Crippen LogP contribution in [0.25, 0.3) is 11.4 Å². The van der Waals surface area contributed by atoms with Crippen LogP contribution in [0.2, 0.25) is 0 Å². The number of nitrogens with two attached hydrogens (primary N) is 1.